The SMILES string of the molecule is COc1ccc(N2CCN(CC(=O)N3CCSC(c4ccccc4)CC3)C2=O)cc1. The number of carbonyl (C=O) groups excluding carboxylic acids is 2. The molecule has 0 aromatic heterocycles. The third kappa shape index (κ3) is 4.56. The molecule has 0 bridgehead atoms. The van der Waals surface area contributed by atoms with Crippen LogP contribution in [0, 0.1) is 0 Å². The summed E-state index contributed by atoms with van der Waals surface area (Å²) in [6.07, 6.45) is 0.937. The average molecular weight is 426 g/mol. The first-order valence-corrected chi connectivity index (χ1v) is 11.4. The van der Waals surface area contributed by atoms with Crippen LogP contribution in [0.4, 0.5) is 10.5 Å². The monoisotopic (exact) mass is 425 g/mol. The van der Waals surface area contributed by atoms with E-state index >= 15 is 0 Å². The maximum Gasteiger partial charge on any atom is 0.325 e. The molecule has 2 aromatic carbocycles. The lowest BCUT2D eigenvalue weighted by atomic mass is 10.1. The van der Waals surface area contributed by atoms with Gasteiger partial charge in [-0.05, 0) is 36.2 Å². The molecule has 7 heteroatoms. The smallest absolute Gasteiger partial charge is 0.325 e. The van der Waals surface area contributed by atoms with Crippen molar-refractivity contribution in [3.63, 3.8) is 0 Å². The highest BCUT2D eigenvalue weighted by Crippen LogP contribution is 2.34. The zero-order valence-electron chi connectivity index (χ0n) is 17.2. The molecule has 2 aliphatic heterocycles. The number of thioether (sulfide) groups is 1. The van der Waals surface area contributed by atoms with Gasteiger partial charge in [-0.2, -0.15) is 11.8 Å². The summed E-state index contributed by atoms with van der Waals surface area (Å²) >= 11 is 1.91. The molecule has 2 aliphatic rings. The number of hydrogen-bond acceptors (Lipinski definition) is 4. The van der Waals surface area contributed by atoms with Crippen molar-refractivity contribution < 1.29 is 14.3 Å². The number of amides is 3. The molecule has 0 saturated carbocycles. The highest BCUT2D eigenvalue weighted by Gasteiger charge is 2.32. The summed E-state index contributed by atoms with van der Waals surface area (Å²) in [6.45, 7) is 2.76. The lowest BCUT2D eigenvalue weighted by Crippen LogP contribution is -2.43. The van der Waals surface area contributed by atoms with Crippen LogP contribution in [0.25, 0.3) is 0 Å². The van der Waals surface area contributed by atoms with E-state index in [1.54, 1.807) is 16.9 Å². The number of rotatable bonds is 5. The Morgan fingerprint density at radius 3 is 2.53 bits per heavy atom. The van der Waals surface area contributed by atoms with Gasteiger partial charge in [0, 0.05) is 42.9 Å². The number of anilines is 1. The Balaban J connectivity index is 1.33. The summed E-state index contributed by atoms with van der Waals surface area (Å²) in [5, 5.41) is 0.419. The average Bonchev–Trinajstić information content (AvgIpc) is 2.99. The van der Waals surface area contributed by atoms with Crippen LogP contribution in [0.15, 0.2) is 54.6 Å². The molecule has 1 atom stereocenters. The predicted molar refractivity (Wildman–Crippen MR) is 120 cm³/mol. The number of hydrogen-bond donors (Lipinski definition) is 0. The van der Waals surface area contributed by atoms with E-state index < -0.39 is 0 Å². The van der Waals surface area contributed by atoms with Gasteiger partial charge in [-0.3, -0.25) is 9.69 Å². The van der Waals surface area contributed by atoms with Crippen LogP contribution in [0.3, 0.4) is 0 Å². The standard InChI is InChI=1S/C23H27N3O3S/c1-29-20-9-7-19(8-10-20)26-14-13-25(23(26)28)17-22(27)24-12-11-21(30-16-15-24)18-5-3-2-4-6-18/h2-10,21H,11-17H2,1H3. The lowest BCUT2D eigenvalue weighted by Gasteiger charge is -2.24. The molecular weight excluding hydrogens is 398 g/mol. The molecule has 6 nitrogen and oxygen atoms in total. The molecule has 2 fully saturated rings. The first kappa shape index (κ1) is 20.6. The van der Waals surface area contributed by atoms with Crippen LogP contribution >= 0.6 is 11.8 Å². The largest absolute Gasteiger partial charge is 0.497 e. The van der Waals surface area contributed by atoms with Crippen LogP contribution in [0.2, 0.25) is 0 Å². The molecule has 0 spiro atoms. The Kier molecular flexibility index (Phi) is 6.47. The van der Waals surface area contributed by atoms with E-state index in [0.29, 0.717) is 18.3 Å². The quantitative estimate of drug-likeness (QED) is 0.734. The Labute approximate surface area is 181 Å². The van der Waals surface area contributed by atoms with Gasteiger partial charge in [0.25, 0.3) is 0 Å². The van der Waals surface area contributed by atoms with Crippen LogP contribution in [0.5, 0.6) is 5.75 Å². The zero-order valence-corrected chi connectivity index (χ0v) is 18.0. The van der Waals surface area contributed by atoms with Crippen molar-refractivity contribution in [1.82, 2.24) is 9.80 Å². The minimum absolute atomic E-state index is 0.0363. The van der Waals surface area contributed by atoms with Crippen molar-refractivity contribution in [1.29, 1.82) is 0 Å². The van der Waals surface area contributed by atoms with Gasteiger partial charge in [0.1, 0.15) is 12.3 Å². The van der Waals surface area contributed by atoms with Crippen molar-refractivity contribution in [2.75, 3.05) is 50.5 Å². The Morgan fingerprint density at radius 2 is 1.80 bits per heavy atom. The van der Waals surface area contributed by atoms with E-state index in [-0.39, 0.29) is 18.5 Å². The van der Waals surface area contributed by atoms with Crippen molar-refractivity contribution in [2.45, 2.75) is 11.7 Å². The highest BCUT2D eigenvalue weighted by atomic mass is 32.2. The minimum atomic E-state index is -0.111. The van der Waals surface area contributed by atoms with Gasteiger partial charge in [0.05, 0.1) is 7.11 Å². The third-order valence-electron chi connectivity index (χ3n) is 5.67. The first-order chi connectivity index (χ1) is 14.7. The third-order valence-corrected chi connectivity index (χ3v) is 7.00. The highest BCUT2D eigenvalue weighted by molar-refractivity contribution is 7.99. The van der Waals surface area contributed by atoms with E-state index in [4.69, 9.17) is 4.74 Å². The second kappa shape index (κ2) is 9.43. The molecule has 1 unspecified atom stereocenters. The van der Waals surface area contributed by atoms with Gasteiger partial charge in [0.2, 0.25) is 5.91 Å². The van der Waals surface area contributed by atoms with E-state index in [2.05, 4.69) is 24.3 Å². The Morgan fingerprint density at radius 1 is 1.03 bits per heavy atom. The molecule has 0 radical (unpaired) electrons. The topological polar surface area (TPSA) is 53.1 Å². The fourth-order valence-electron chi connectivity index (χ4n) is 3.95. The van der Waals surface area contributed by atoms with Gasteiger partial charge in [-0.1, -0.05) is 30.3 Å². The van der Waals surface area contributed by atoms with E-state index in [1.165, 1.54) is 5.56 Å². The van der Waals surface area contributed by atoms with E-state index in [1.807, 2.05) is 47.0 Å². The van der Waals surface area contributed by atoms with Crippen molar-refractivity contribution in [2.24, 2.45) is 0 Å². The number of carbonyl (C=O) groups is 2. The van der Waals surface area contributed by atoms with Crippen LogP contribution in [-0.2, 0) is 4.79 Å². The fourth-order valence-corrected chi connectivity index (χ4v) is 5.18. The fraction of sp³-hybridized carbons (Fsp3) is 0.391. The van der Waals surface area contributed by atoms with Crippen molar-refractivity contribution >= 4 is 29.4 Å². The number of methoxy groups -OCH3 is 1. The Hall–Kier alpha value is -2.67. The summed E-state index contributed by atoms with van der Waals surface area (Å²) in [6, 6.07) is 17.8. The zero-order chi connectivity index (χ0) is 20.9. The maximum absolute atomic E-state index is 12.9. The molecule has 3 amide bonds. The summed E-state index contributed by atoms with van der Waals surface area (Å²) < 4.78 is 5.18. The summed E-state index contributed by atoms with van der Waals surface area (Å²) in [4.78, 5) is 31.0. The van der Waals surface area contributed by atoms with Crippen LogP contribution in [0.1, 0.15) is 17.2 Å². The summed E-state index contributed by atoms with van der Waals surface area (Å²) in [5.41, 5.74) is 2.15. The first-order valence-electron chi connectivity index (χ1n) is 10.3. The van der Waals surface area contributed by atoms with Crippen molar-refractivity contribution in [3.8, 4) is 5.75 Å². The molecular formula is C23H27N3O3S. The number of ether oxygens (including phenoxy) is 1. The molecule has 2 aromatic rings. The normalized spacial score (nSPS) is 19.7. The van der Waals surface area contributed by atoms with Crippen molar-refractivity contribution in [3.05, 3.63) is 60.2 Å². The van der Waals surface area contributed by atoms with Gasteiger partial charge in [-0.15, -0.1) is 0 Å². The second-order valence-electron chi connectivity index (χ2n) is 7.49. The molecule has 0 aliphatic carbocycles. The van der Waals surface area contributed by atoms with Gasteiger partial charge in [-0.25, -0.2) is 4.79 Å². The molecule has 0 N–H and O–H groups in total. The van der Waals surface area contributed by atoms with Gasteiger partial charge in [0.15, 0.2) is 0 Å². The molecule has 4 rings (SSSR count). The predicted octanol–water partition coefficient (Wildman–Crippen LogP) is 3.64. The Bertz CT molecular complexity index is 875. The second-order valence-corrected chi connectivity index (χ2v) is 8.80. The van der Waals surface area contributed by atoms with Crippen LogP contribution < -0.4 is 9.64 Å². The van der Waals surface area contributed by atoms with E-state index in [9.17, 15) is 9.59 Å². The molecule has 2 saturated heterocycles. The lowest BCUT2D eigenvalue weighted by molar-refractivity contribution is -0.131. The number of nitrogens with zero attached hydrogens (tertiary/aromatic N) is 3. The minimum Gasteiger partial charge on any atom is -0.497 e. The van der Waals surface area contributed by atoms with Gasteiger partial charge >= 0.3 is 6.03 Å². The van der Waals surface area contributed by atoms with Gasteiger partial charge < -0.3 is 14.5 Å². The molecule has 158 valence electrons. The summed E-state index contributed by atoms with van der Waals surface area (Å²) in [5.74, 6) is 1.71. The molecule has 30 heavy (non-hydrogen) atoms. The maximum atomic E-state index is 12.9. The van der Waals surface area contributed by atoms with E-state index in [0.717, 1.165) is 36.7 Å². The van der Waals surface area contributed by atoms with Crippen LogP contribution in [-0.4, -0.2) is 67.3 Å². The number of urea groups is 1. The summed E-state index contributed by atoms with van der Waals surface area (Å²) in [7, 11) is 1.62. The molecule has 2 heterocycles. The number of benzene rings is 2.